The number of thiophene rings is 1. The standard InChI is InChI=1S/C28H38N4O4S/c1-6-9-20(3)25-21(16-22(35-4)17-23(25)36-5)18-31-19-28(32(7-2)27(31)34)11-13-30(14-12-28)26(33)29-24-10-8-15-37-24/h6,8,10,15-17,20H,1,7,9,11-14,18-19H2,2-5H3,(H,29,33). The number of rotatable bonds is 9. The number of hydrogen-bond donors (Lipinski definition) is 1. The van der Waals surface area contributed by atoms with Gasteiger partial charge < -0.3 is 24.2 Å². The molecule has 0 aliphatic carbocycles. The Labute approximate surface area is 223 Å². The van der Waals surface area contributed by atoms with Crippen molar-refractivity contribution in [2.75, 3.05) is 45.7 Å². The molecule has 0 radical (unpaired) electrons. The number of nitrogens with zero attached hydrogens (tertiary/aromatic N) is 3. The van der Waals surface area contributed by atoms with E-state index >= 15 is 0 Å². The van der Waals surface area contributed by atoms with Crippen molar-refractivity contribution in [1.82, 2.24) is 14.7 Å². The van der Waals surface area contributed by atoms with E-state index in [1.165, 1.54) is 11.3 Å². The average Bonchev–Trinajstić information content (AvgIpc) is 3.49. The third-order valence-electron chi connectivity index (χ3n) is 7.64. The molecule has 3 heterocycles. The number of hydrogen-bond acceptors (Lipinski definition) is 5. The number of urea groups is 2. The van der Waals surface area contributed by atoms with Gasteiger partial charge in [-0.1, -0.05) is 13.0 Å². The molecule has 4 rings (SSSR count). The van der Waals surface area contributed by atoms with Crippen LogP contribution in [-0.4, -0.2) is 72.7 Å². The lowest BCUT2D eigenvalue weighted by atomic mass is 9.86. The molecule has 200 valence electrons. The van der Waals surface area contributed by atoms with Crippen LogP contribution >= 0.6 is 11.3 Å². The minimum absolute atomic E-state index is 0.0445. The summed E-state index contributed by atoms with van der Waals surface area (Å²) in [5, 5.41) is 5.77. The number of allylic oxidation sites excluding steroid dienone is 1. The van der Waals surface area contributed by atoms with Crippen molar-refractivity contribution in [3.63, 3.8) is 0 Å². The fourth-order valence-corrected chi connectivity index (χ4v) is 6.38. The van der Waals surface area contributed by atoms with Gasteiger partial charge >= 0.3 is 12.1 Å². The molecule has 4 amide bonds. The molecule has 2 saturated heterocycles. The summed E-state index contributed by atoms with van der Waals surface area (Å²) in [6.45, 7) is 11.1. The van der Waals surface area contributed by atoms with Gasteiger partial charge in [0.2, 0.25) is 0 Å². The van der Waals surface area contributed by atoms with E-state index in [-0.39, 0.29) is 23.5 Å². The Kier molecular flexibility index (Phi) is 8.32. The van der Waals surface area contributed by atoms with Gasteiger partial charge in [0.05, 0.1) is 24.8 Å². The molecule has 2 aliphatic heterocycles. The molecule has 9 heteroatoms. The minimum Gasteiger partial charge on any atom is -0.497 e. The Morgan fingerprint density at radius 2 is 2.03 bits per heavy atom. The van der Waals surface area contributed by atoms with E-state index in [1.807, 2.05) is 57.3 Å². The van der Waals surface area contributed by atoms with Crippen molar-refractivity contribution in [3.05, 3.63) is 53.4 Å². The zero-order valence-corrected chi connectivity index (χ0v) is 23.1. The third-order valence-corrected chi connectivity index (χ3v) is 8.42. The van der Waals surface area contributed by atoms with Gasteiger partial charge in [0.15, 0.2) is 0 Å². The third kappa shape index (κ3) is 5.42. The van der Waals surface area contributed by atoms with Gasteiger partial charge in [0, 0.05) is 44.4 Å². The zero-order valence-electron chi connectivity index (χ0n) is 22.3. The monoisotopic (exact) mass is 526 g/mol. The number of ether oxygens (including phenoxy) is 2. The van der Waals surface area contributed by atoms with E-state index in [1.54, 1.807) is 14.2 Å². The maximum Gasteiger partial charge on any atom is 0.322 e. The molecular weight excluding hydrogens is 488 g/mol. The van der Waals surface area contributed by atoms with Crippen LogP contribution in [0.25, 0.3) is 0 Å². The molecule has 2 fully saturated rings. The molecule has 8 nitrogen and oxygen atoms in total. The number of likely N-dealkylation sites (N-methyl/N-ethyl adjacent to an activating group) is 1. The van der Waals surface area contributed by atoms with Crippen LogP contribution in [0.3, 0.4) is 0 Å². The van der Waals surface area contributed by atoms with Crippen molar-refractivity contribution in [3.8, 4) is 11.5 Å². The summed E-state index contributed by atoms with van der Waals surface area (Å²) in [5.74, 6) is 1.66. The summed E-state index contributed by atoms with van der Waals surface area (Å²) in [6.07, 6.45) is 4.22. The maximum atomic E-state index is 13.6. The second-order valence-corrected chi connectivity index (χ2v) is 10.8. The van der Waals surface area contributed by atoms with Crippen LogP contribution in [0.4, 0.5) is 14.6 Å². The van der Waals surface area contributed by atoms with E-state index in [0.717, 1.165) is 41.1 Å². The predicted molar refractivity (Wildman–Crippen MR) is 148 cm³/mol. The molecule has 1 unspecified atom stereocenters. The van der Waals surface area contributed by atoms with E-state index < -0.39 is 0 Å². The Balaban J connectivity index is 1.53. The van der Waals surface area contributed by atoms with E-state index in [9.17, 15) is 9.59 Å². The number of carbonyl (C=O) groups excluding carboxylic acids is 2. The number of nitrogens with one attached hydrogen (secondary N) is 1. The van der Waals surface area contributed by atoms with Gasteiger partial charge in [-0.3, -0.25) is 5.32 Å². The molecule has 2 aromatic rings. The highest BCUT2D eigenvalue weighted by molar-refractivity contribution is 7.14. The second kappa shape index (κ2) is 11.5. The lowest BCUT2D eigenvalue weighted by molar-refractivity contribution is 0.0927. The van der Waals surface area contributed by atoms with Gasteiger partial charge in [-0.25, -0.2) is 9.59 Å². The number of piperidine rings is 1. The fraction of sp³-hybridized carbons (Fsp3) is 0.500. The van der Waals surface area contributed by atoms with Gasteiger partial charge in [-0.05, 0) is 61.2 Å². The molecule has 1 spiro atoms. The molecule has 1 N–H and O–H groups in total. The first-order chi connectivity index (χ1) is 17.9. The molecule has 1 atom stereocenters. The van der Waals surface area contributed by atoms with Crippen molar-refractivity contribution >= 4 is 28.4 Å². The predicted octanol–water partition coefficient (Wildman–Crippen LogP) is 5.77. The zero-order chi connectivity index (χ0) is 26.6. The molecule has 0 bridgehead atoms. The first-order valence-electron chi connectivity index (χ1n) is 12.9. The van der Waals surface area contributed by atoms with Gasteiger partial charge in [0.1, 0.15) is 11.5 Å². The quantitative estimate of drug-likeness (QED) is 0.421. The van der Waals surface area contributed by atoms with Crippen molar-refractivity contribution in [2.45, 2.75) is 51.1 Å². The van der Waals surface area contributed by atoms with Crippen molar-refractivity contribution < 1.29 is 19.1 Å². The Morgan fingerprint density at radius 1 is 1.27 bits per heavy atom. The number of carbonyl (C=O) groups is 2. The number of amides is 4. The first kappa shape index (κ1) is 26.9. The smallest absolute Gasteiger partial charge is 0.322 e. The highest BCUT2D eigenvalue weighted by Crippen LogP contribution is 2.40. The Morgan fingerprint density at radius 3 is 2.62 bits per heavy atom. The number of likely N-dealkylation sites (tertiary alicyclic amines) is 1. The summed E-state index contributed by atoms with van der Waals surface area (Å²) in [6, 6.07) is 7.71. The van der Waals surface area contributed by atoms with Crippen molar-refractivity contribution in [1.29, 1.82) is 0 Å². The summed E-state index contributed by atoms with van der Waals surface area (Å²) < 4.78 is 11.3. The Hall–Kier alpha value is -3.20. The van der Waals surface area contributed by atoms with Crippen molar-refractivity contribution in [2.24, 2.45) is 0 Å². The van der Waals surface area contributed by atoms with Crippen LogP contribution in [0.5, 0.6) is 11.5 Å². The molecule has 37 heavy (non-hydrogen) atoms. The average molecular weight is 527 g/mol. The molecule has 2 aliphatic rings. The first-order valence-corrected chi connectivity index (χ1v) is 13.8. The van der Waals surface area contributed by atoms with E-state index in [2.05, 4.69) is 18.8 Å². The minimum atomic E-state index is -0.276. The Bertz CT molecular complexity index is 1110. The summed E-state index contributed by atoms with van der Waals surface area (Å²) in [7, 11) is 3.31. The van der Waals surface area contributed by atoms with Crippen LogP contribution in [0.1, 0.15) is 50.2 Å². The number of anilines is 1. The summed E-state index contributed by atoms with van der Waals surface area (Å²) in [5.41, 5.74) is 1.83. The van der Waals surface area contributed by atoms with Crippen LogP contribution in [0.2, 0.25) is 0 Å². The summed E-state index contributed by atoms with van der Waals surface area (Å²) >= 11 is 1.51. The largest absolute Gasteiger partial charge is 0.497 e. The van der Waals surface area contributed by atoms with Gasteiger partial charge in [0.25, 0.3) is 0 Å². The molecule has 0 saturated carbocycles. The second-order valence-electron chi connectivity index (χ2n) is 9.83. The van der Waals surface area contributed by atoms with Gasteiger partial charge in [-0.2, -0.15) is 0 Å². The fourth-order valence-electron chi connectivity index (χ4n) is 5.77. The van der Waals surface area contributed by atoms with Gasteiger partial charge in [-0.15, -0.1) is 17.9 Å². The number of methoxy groups -OCH3 is 2. The van der Waals surface area contributed by atoms with Crippen LogP contribution in [0.15, 0.2) is 42.3 Å². The SMILES string of the molecule is C=CCC(C)c1c(CN2CC3(CCN(C(=O)Nc4cccs4)CC3)N(CC)C2=O)cc(OC)cc1OC. The number of benzene rings is 1. The van der Waals surface area contributed by atoms with Crippen LogP contribution < -0.4 is 14.8 Å². The van der Waals surface area contributed by atoms with Crippen LogP contribution in [0, 0.1) is 0 Å². The lowest BCUT2D eigenvalue weighted by Gasteiger charge is -2.43. The highest BCUT2D eigenvalue weighted by Gasteiger charge is 2.50. The molecule has 1 aromatic heterocycles. The lowest BCUT2D eigenvalue weighted by Crippen LogP contribution is -2.55. The molecular formula is C28H38N4O4S. The van der Waals surface area contributed by atoms with E-state index in [0.29, 0.717) is 38.5 Å². The highest BCUT2D eigenvalue weighted by atomic mass is 32.1. The summed E-state index contributed by atoms with van der Waals surface area (Å²) in [4.78, 5) is 32.2. The molecule has 1 aromatic carbocycles. The van der Waals surface area contributed by atoms with Crippen LogP contribution in [-0.2, 0) is 6.54 Å². The van der Waals surface area contributed by atoms with E-state index in [4.69, 9.17) is 9.47 Å². The normalized spacial score (nSPS) is 17.7. The topological polar surface area (TPSA) is 74.4 Å². The maximum absolute atomic E-state index is 13.6.